The molecule has 4 nitrogen and oxygen atoms in total. The van der Waals surface area contributed by atoms with E-state index in [9.17, 15) is 4.79 Å². The van der Waals surface area contributed by atoms with Gasteiger partial charge in [0.1, 0.15) is 0 Å². The molecule has 0 aliphatic carbocycles. The number of carbonyl (C=O) groups is 1. The van der Waals surface area contributed by atoms with Crippen LogP contribution in [0.2, 0.25) is 0 Å². The van der Waals surface area contributed by atoms with E-state index in [4.69, 9.17) is 5.73 Å². The molecule has 1 aliphatic rings. The smallest absolute Gasteiger partial charge is 0.219 e. The zero-order valence-electron chi connectivity index (χ0n) is 10.6. The maximum absolute atomic E-state index is 11.4. The first kappa shape index (κ1) is 13.5. The molecule has 0 aromatic rings. The molecule has 1 amide bonds. The van der Waals surface area contributed by atoms with Crippen LogP contribution in [0.4, 0.5) is 0 Å². The lowest BCUT2D eigenvalue weighted by Gasteiger charge is -2.38. The van der Waals surface area contributed by atoms with E-state index in [0.29, 0.717) is 12.6 Å². The van der Waals surface area contributed by atoms with Gasteiger partial charge >= 0.3 is 0 Å². The maximum Gasteiger partial charge on any atom is 0.219 e. The van der Waals surface area contributed by atoms with E-state index < -0.39 is 0 Å². The molecule has 1 atom stereocenters. The summed E-state index contributed by atoms with van der Waals surface area (Å²) < 4.78 is 0. The van der Waals surface area contributed by atoms with Gasteiger partial charge in [-0.25, -0.2) is 0 Å². The average Bonchev–Trinajstić information content (AvgIpc) is 2.27. The maximum atomic E-state index is 11.4. The molecule has 0 aromatic carbocycles. The van der Waals surface area contributed by atoms with Gasteiger partial charge in [-0.05, 0) is 26.3 Å². The summed E-state index contributed by atoms with van der Waals surface area (Å²) >= 11 is 0. The van der Waals surface area contributed by atoms with Crippen molar-refractivity contribution in [1.82, 2.24) is 9.80 Å². The molecular formula is C12H25N3O. The minimum atomic E-state index is 0.181. The Labute approximate surface area is 98.8 Å². The second kappa shape index (κ2) is 6.86. The van der Waals surface area contributed by atoms with Crippen LogP contribution in [0.25, 0.3) is 0 Å². The number of nitrogens with two attached hydrogens (primary N) is 1. The van der Waals surface area contributed by atoms with Crippen LogP contribution in [0.5, 0.6) is 0 Å². The molecule has 2 N–H and O–H groups in total. The third kappa shape index (κ3) is 3.76. The van der Waals surface area contributed by atoms with E-state index in [1.807, 2.05) is 11.8 Å². The Hall–Kier alpha value is -0.610. The fourth-order valence-electron chi connectivity index (χ4n) is 2.46. The molecule has 0 unspecified atom stereocenters. The van der Waals surface area contributed by atoms with Gasteiger partial charge < -0.3 is 10.6 Å². The van der Waals surface area contributed by atoms with Gasteiger partial charge in [0, 0.05) is 39.1 Å². The van der Waals surface area contributed by atoms with Crippen molar-refractivity contribution in [3.8, 4) is 0 Å². The van der Waals surface area contributed by atoms with Gasteiger partial charge in [0.25, 0.3) is 0 Å². The largest absolute Gasteiger partial charge is 0.342 e. The topological polar surface area (TPSA) is 49.6 Å². The van der Waals surface area contributed by atoms with Gasteiger partial charge in [-0.3, -0.25) is 9.69 Å². The lowest BCUT2D eigenvalue weighted by molar-refractivity contribution is -0.129. The molecule has 1 fully saturated rings. The van der Waals surface area contributed by atoms with Crippen LogP contribution in [-0.2, 0) is 4.79 Å². The highest BCUT2D eigenvalue weighted by Gasteiger charge is 2.24. The van der Waals surface area contributed by atoms with Crippen molar-refractivity contribution >= 4 is 5.91 Å². The summed E-state index contributed by atoms with van der Waals surface area (Å²) in [5.74, 6) is 0.181. The van der Waals surface area contributed by atoms with Crippen molar-refractivity contribution < 1.29 is 4.79 Å². The van der Waals surface area contributed by atoms with Crippen molar-refractivity contribution in [2.24, 2.45) is 5.73 Å². The Balaban J connectivity index is 2.50. The Morgan fingerprint density at radius 1 is 1.50 bits per heavy atom. The summed E-state index contributed by atoms with van der Waals surface area (Å²) in [6.45, 7) is 8.17. The number of hydrogen-bond acceptors (Lipinski definition) is 3. The average molecular weight is 227 g/mol. The molecule has 0 spiro atoms. The molecule has 16 heavy (non-hydrogen) atoms. The van der Waals surface area contributed by atoms with Crippen LogP contribution in [0.15, 0.2) is 0 Å². The van der Waals surface area contributed by atoms with E-state index in [1.165, 1.54) is 19.3 Å². The van der Waals surface area contributed by atoms with Gasteiger partial charge in [-0.15, -0.1) is 0 Å². The summed E-state index contributed by atoms with van der Waals surface area (Å²) in [5, 5.41) is 0. The van der Waals surface area contributed by atoms with Gasteiger partial charge in [-0.2, -0.15) is 0 Å². The number of amides is 1. The fourth-order valence-corrected chi connectivity index (χ4v) is 2.46. The summed E-state index contributed by atoms with van der Waals surface area (Å²) in [7, 11) is 0. The highest BCUT2D eigenvalue weighted by molar-refractivity contribution is 5.73. The number of nitrogens with zero attached hydrogens (tertiary/aromatic N) is 2. The first-order valence-electron chi connectivity index (χ1n) is 6.38. The molecule has 0 radical (unpaired) electrons. The highest BCUT2D eigenvalue weighted by atomic mass is 16.2. The van der Waals surface area contributed by atoms with Crippen LogP contribution >= 0.6 is 0 Å². The van der Waals surface area contributed by atoms with Crippen molar-refractivity contribution in [3.63, 3.8) is 0 Å². The molecule has 1 aliphatic heterocycles. The zero-order chi connectivity index (χ0) is 12.0. The SMILES string of the molecule is CCN(C[C@@H]1CCCCN1CCN)C(C)=O. The second-order valence-corrected chi connectivity index (χ2v) is 4.53. The molecule has 4 heteroatoms. The molecule has 1 rings (SSSR count). The van der Waals surface area contributed by atoms with Crippen molar-refractivity contribution in [3.05, 3.63) is 0 Å². The summed E-state index contributed by atoms with van der Waals surface area (Å²) in [6.07, 6.45) is 3.74. The summed E-state index contributed by atoms with van der Waals surface area (Å²) in [4.78, 5) is 15.8. The normalized spacial score (nSPS) is 22.1. The van der Waals surface area contributed by atoms with E-state index in [0.717, 1.165) is 26.2 Å². The van der Waals surface area contributed by atoms with E-state index >= 15 is 0 Å². The van der Waals surface area contributed by atoms with Crippen LogP contribution < -0.4 is 5.73 Å². The molecule has 0 saturated carbocycles. The van der Waals surface area contributed by atoms with Crippen LogP contribution in [0, 0.1) is 0 Å². The predicted molar refractivity (Wildman–Crippen MR) is 66.2 cm³/mol. The minimum Gasteiger partial charge on any atom is -0.342 e. The van der Waals surface area contributed by atoms with Gasteiger partial charge in [0.05, 0.1) is 0 Å². The number of carbonyl (C=O) groups excluding carboxylic acids is 1. The Bertz CT molecular complexity index is 218. The Morgan fingerprint density at radius 3 is 2.81 bits per heavy atom. The third-order valence-corrected chi connectivity index (χ3v) is 3.42. The predicted octanol–water partition coefficient (Wildman–Crippen LogP) is 0.668. The van der Waals surface area contributed by atoms with E-state index in [2.05, 4.69) is 4.90 Å². The number of rotatable bonds is 5. The quantitative estimate of drug-likeness (QED) is 0.751. The molecule has 1 saturated heterocycles. The number of likely N-dealkylation sites (tertiary alicyclic amines) is 1. The van der Waals surface area contributed by atoms with E-state index in [1.54, 1.807) is 6.92 Å². The zero-order valence-corrected chi connectivity index (χ0v) is 10.6. The summed E-state index contributed by atoms with van der Waals surface area (Å²) in [5.41, 5.74) is 5.62. The van der Waals surface area contributed by atoms with Crippen molar-refractivity contribution in [2.45, 2.75) is 39.2 Å². The highest BCUT2D eigenvalue weighted by Crippen LogP contribution is 2.17. The van der Waals surface area contributed by atoms with Gasteiger partial charge in [0.2, 0.25) is 5.91 Å². The first-order chi connectivity index (χ1) is 7.69. The van der Waals surface area contributed by atoms with Gasteiger partial charge in [-0.1, -0.05) is 6.42 Å². The van der Waals surface area contributed by atoms with Gasteiger partial charge in [0.15, 0.2) is 0 Å². The standard InChI is InChI=1S/C12H25N3O/c1-3-14(11(2)16)10-12-6-4-5-8-15(12)9-7-13/h12H,3-10,13H2,1-2H3/t12-/m0/s1. The number of likely N-dealkylation sites (N-methyl/N-ethyl adjacent to an activating group) is 1. The molecule has 94 valence electrons. The van der Waals surface area contributed by atoms with Crippen molar-refractivity contribution in [2.75, 3.05) is 32.7 Å². The fraction of sp³-hybridized carbons (Fsp3) is 0.917. The molecule has 1 heterocycles. The lowest BCUT2D eigenvalue weighted by atomic mass is 10.0. The minimum absolute atomic E-state index is 0.181. The molecular weight excluding hydrogens is 202 g/mol. The van der Waals surface area contributed by atoms with E-state index in [-0.39, 0.29) is 5.91 Å². The Kier molecular flexibility index (Phi) is 5.77. The third-order valence-electron chi connectivity index (χ3n) is 3.42. The Morgan fingerprint density at radius 2 is 2.25 bits per heavy atom. The lowest BCUT2D eigenvalue weighted by Crippen LogP contribution is -2.49. The monoisotopic (exact) mass is 227 g/mol. The van der Waals surface area contributed by atoms with Crippen LogP contribution in [0.3, 0.4) is 0 Å². The van der Waals surface area contributed by atoms with Crippen molar-refractivity contribution in [1.29, 1.82) is 0 Å². The molecule has 0 aromatic heterocycles. The number of piperidine rings is 1. The van der Waals surface area contributed by atoms with Crippen LogP contribution in [0.1, 0.15) is 33.1 Å². The number of hydrogen-bond donors (Lipinski definition) is 1. The first-order valence-corrected chi connectivity index (χ1v) is 6.38. The van der Waals surface area contributed by atoms with Crippen LogP contribution in [-0.4, -0.2) is 54.5 Å². The molecule has 0 bridgehead atoms. The second-order valence-electron chi connectivity index (χ2n) is 4.53. The summed E-state index contributed by atoms with van der Waals surface area (Å²) in [6, 6.07) is 0.515.